The lowest BCUT2D eigenvalue weighted by Gasteiger charge is -2.41. The molecular formula is C29H44O5SSi. The Bertz CT molecular complexity index is 1110. The van der Waals surface area contributed by atoms with E-state index in [0.717, 1.165) is 30.4 Å². The Labute approximate surface area is 219 Å². The van der Waals surface area contributed by atoms with Crippen molar-refractivity contribution in [2.24, 2.45) is 0 Å². The molecule has 1 saturated heterocycles. The van der Waals surface area contributed by atoms with E-state index in [9.17, 15) is 8.42 Å². The number of benzene rings is 2. The summed E-state index contributed by atoms with van der Waals surface area (Å²) in [6.07, 6.45) is 3.02. The predicted molar refractivity (Wildman–Crippen MR) is 149 cm³/mol. The van der Waals surface area contributed by atoms with E-state index >= 15 is 0 Å². The van der Waals surface area contributed by atoms with Gasteiger partial charge >= 0.3 is 0 Å². The molecule has 0 aromatic heterocycles. The van der Waals surface area contributed by atoms with Gasteiger partial charge in [0.2, 0.25) is 0 Å². The Balaban J connectivity index is 2.04. The normalized spacial score (nSPS) is 18.9. The minimum absolute atomic E-state index is 0.0647. The first kappa shape index (κ1) is 28.7. The topological polar surface area (TPSA) is 61.8 Å². The summed E-state index contributed by atoms with van der Waals surface area (Å²) in [5, 5.41) is 0.212. The van der Waals surface area contributed by atoms with Crippen molar-refractivity contribution in [3.8, 4) is 11.5 Å². The van der Waals surface area contributed by atoms with Gasteiger partial charge in [0.15, 0.2) is 21.3 Å². The first-order valence-corrected chi connectivity index (χ1v) is 18.0. The number of hydrogen-bond donors (Lipinski definition) is 0. The lowest BCUT2D eigenvalue weighted by molar-refractivity contribution is 0.0797. The van der Waals surface area contributed by atoms with Crippen molar-refractivity contribution in [2.75, 3.05) is 12.4 Å². The Morgan fingerprint density at radius 3 is 2.31 bits per heavy atom. The molecular weight excluding hydrogens is 488 g/mol. The van der Waals surface area contributed by atoms with Crippen molar-refractivity contribution >= 4 is 17.9 Å². The van der Waals surface area contributed by atoms with Crippen LogP contribution in [-0.4, -0.2) is 34.6 Å². The van der Waals surface area contributed by atoms with E-state index in [0.29, 0.717) is 31.1 Å². The summed E-state index contributed by atoms with van der Waals surface area (Å²) in [6, 6.07) is 13.6. The zero-order valence-corrected chi connectivity index (χ0v) is 24.9. The standard InChI is InChI=1S/C29H44O5SSi/c1-8-17-32-28-25(33-21-22-13-11-10-12-14-22)19-23(20-26(28)35(30,31)18-9-2)24-15-16-27(34-24)36(6,7)29(3,4)5/h10-14,19-20,24,27H,8-9,15-18,21H2,1-7H3. The van der Waals surface area contributed by atoms with Gasteiger partial charge in [-0.05, 0) is 54.0 Å². The van der Waals surface area contributed by atoms with Crippen LogP contribution in [0.15, 0.2) is 47.4 Å². The molecule has 1 aliphatic rings. The van der Waals surface area contributed by atoms with Crippen molar-refractivity contribution in [3.05, 3.63) is 53.6 Å². The summed E-state index contributed by atoms with van der Waals surface area (Å²) in [7, 11) is -5.25. The van der Waals surface area contributed by atoms with Crippen LogP contribution in [0, 0.1) is 0 Å². The van der Waals surface area contributed by atoms with Gasteiger partial charge in [0.1, 0.15) is 11.5 Å². The minimum atomic E-state index is -3.55. The van der Waals surface area contributed by atoms with Gasteiger partial charge in [-0.15, -0.1) is 0 Å². The van der Waals surface area contributed by atoms with Gasteiger partial charge < -0.3 is 14.2 Å². The molecule has 1 fully saturated rings. The highest BCUT2D eigenvalue weighted by molar-refractivity contribution is 7.91. The van der Waals surface area contributed by atoms with Crippen LogP contribution < -0.4 is 9.47 Å². The average molecular weight is 533 g/mol. The Morgan fingerprint density at radius 1 is 1.00 bits per heavy atom. The number of hydrogen-bond acceptors (Lipinski definition) is 5. The Morgan fingerprint density at radius 2 is 1.69 bits per heavy atom. The van der Waals surface area contributed by atoms with Crippen molar-refractivity contribution in [3.63, 3.8) is 0 Å². The van der Waals surface area contributed by atoms with Crippen molar-refractivity contribution in [1.82, 2.24) is 0 Å². The third-order valence-corrected chi connectivity index (χ3v) is 15.5. The van der Waals surface area contributed by atoms with Crippen LogP contribution >= 0.6 is 0 Å². The molecule has 0 N–H and O–H groups in total. The molecule has 0 aliphatic carbocycles. The average Bonchev–Trinajstić information content (AvgIpc) is 3.32. The Hall–Kier alpha value is -1.83. The third-order valence-electron chi connectivity index (χ3n) is 7.67. The summed E-state index contributed by atoms with van der Waals surface area (Å²) in [5.41, 5.74) is 2.10. The van der Waals surface area contributed by atoms with Crippen LogP contribution in [0.2, 0.25) is 18.1 Å². The molecule has 0 bridgehead atoms. The third kappa shape index (κ3) is 6.53. The maximum absolute atomic E-state index is 13.4. The number of ether oxygens (including phenoxy) is 3. The van der Waals surface area contributed by atoms with Crippen LogP contribution in [-0.2, 0) is 21.2 Å². The van der Waals surface area contributed by atoms with Gasteiger partial charge in [-0.3, -0.25) is 0 Å². The van der Waals surface area contributed by atoms with Crippen LogP contribution in [0.25, 0.3) is 0 Å². The maximum Gasteiger partial charge on any atom is 0.182 e. The molecule has 5 nitrogen and oxygen atoms in total. The van der Waals surface area contributed by atoms with Crippen LogP contribution in [0.4, 0.5) is 0 Å². The molecule has 2 aromatic rings. The van der Waals surface area contributed by atoms with Crippen LogP contribution in [0.3, 0.4) is 0 Å². The molecule has 36 heavy (non-hydrogen) atoms. The number of rotatable bonds is 11. The van der Waals surface area contributed by atoms with Crippen molar-refractivity contribution < 1.29 is 22.6 Å². The summed E-state index contributed by atoms with van der Waals surface area (Å²) in [5.74, 6) is 0.859. The van der Waals surface area contributed by atoms with Gasteiger partial charge in [-0.25, -0.2) is 8.42 Å². The van der Waals surface area contributed by atoms with Gasteiger partial charge in [0.05, 0.1) is 26.5 Å². The minimum Gasteiger partial charge on any atom is -0.488 e. The zero-order valence-electron chi connectivity index (χ0n) is 23.1. The second-order valence-corrected chi connectivity index (χ2v) is 19.1. The zero-order chi connectivity index (χ0) is 26.6. The fraction of sp³-hybridized carbons (Fsp3) is 0.586. The van der Waals surface area contributed by atoms with Crippen LogP contribution in [0.5, 0.6) is 11.5 Å². The molecule has 7 heteroatoms. The highest BCUT2D eigenvalue weighted by Gasteiger charge is 2.46. The van der Waals surface area contributed by atoms with E-state index in [1.165, 1.54) is 0 Å². The molecule has 2 atom stereocenters. The maximum atomic E-state index is 13.4. The van der Waals surface area contributed by atoms with Crippen LogP contribution in [0.1, 0.15) is 77.5 Å². The lowest BCUT2D eigenvalue weighted by atomic mass is 10.1. The van der Waals surface area contributed by atoms with Gasteiger partial charge in [-0.1, -0.05) is 78.0 Å². The summed E-state index contributed by atoms with van der Waals surface area (Å²) in [4.78, 5) is 0.220. The quantitative estimate of drug-likeness (QED) is 0.280. The lowest BCUT2D eigenvalue weighted by Crippen LogP contribution is -2.49. The molecule has 1 heterocycles. The SMILES string of the molecule is CCCOc1c(OCc2ccccc2)cc(C2CCC([Si](C)(C)C(C)(C)C)O2)cc1S(=O)(=O)CCC. The molecule has 0 saturated carbocycles. The molecule has 0 radical (unpaired) electrons. The monoisotopic (exact) mass is 532 g/mol. The van der Waals surface area contributed by atoms with E-state index in [4.69, 9.17) is 14.2 Å². The highest BCUT2D eigenvalue weighted by atomic mass is 32.2. The van der Waals surface area contributed by atoms with E-state index in [1.807, 2.05) is 50.2 Å². The van der Waals surface area contributed by atoms with Gasteiger partial charge in [0.25, 0.3) is 0 Å². The van der Waals surface area contributed by atoms with E-state index in [1.54, 1.807) is 6.07 Å². The first-order chi connectivity index (χ1) is 16.9. The summed E-state index contributed by atoms with van der Waals surface area (Å²) >= 11 is 0. The first-order valence-electron chi connectivity index (χ1n) is 13.3. The van der Waals surface area contributed by atoms with E-state index in [2.05, 4.69) is 33.9 Å². The van der Waals surface area contributed by atoms with Gasteiger partial charge in [0, 0.05) is 5.73 Å². The fourth-order valence-electron chi connectivity index (χ4n) is 4.48. The molecule has 0 spiro atoms. The molecule has 1 aliphatic heterocycles. The second-order valence-electron chi connectivity index (χ2n) is 11.5. The highest BCUT2D eigenvalue weighted by Crippen LogP contribution is 2.47. The Kier molecular flexibility index (Phi) is 9.34. The summed E-state index contributed by atoms with van der Waals surface area (Å²) < 4.78 is 45.8. The van der Waals surface area contributed by atoms with E-state index < -0.39 is 17.9 Å². The molecule has 2 unspecified atom stereocenters. The van der Waals surface area contributed by atoms with E-state index in [-0.39, 0.29) is 27.5 Å². The number of sulfone groups is 1. The molecule has 2 aromatic carbocycles. The van der Waals surface area contributed by atoms with Crippen molar-refractivity contribution in [1.29, 1.82) is 0 Å². The molecule has 0 amide bonds. The fourth-order valence-corrected chi connectivity index (χ4v) is 8.35. The second kappa shape index (κ2) is 11.7. The molecule has 200 valence electrons. The smallest absolute Gasteiger partial charge is 0.182 e. The van der Waals surface area contributed by atoms with Crippen molar-refractivity contribution in [2.45, 2.75) is 102 Å². The van der Waals surface area contributed by atoms with Gasteiger partial charge in [-0.2, -0.15) is 0 Å². The molecule has 3 rings (SSSR count). The largest absolute Gasteiger partial charge is 0.488 e. The summed E-state index contributed by atoms with van der Waals surface area (Å²) in [6.45, 7) is 16.3. The predicted octanol–water partition coefficient (Wildman–Crippen LogP) is 7.51.